The van der Waals surface area contributed by atoms with Crippen LogP contribution in [-0.2, 0) is 4.74 Å². The summed E-state index contributed by atoms with van der Waals surface area (Å²) in [4.78, 5) is 0. The number of nitrogens with one attached hydrogen (secondary N) is 1. The molecule has 0 saturated heterocycles. The molecule has 1 rings (SSSR count). The van der Waals surface area contributed by atoms with Crippen LogP contribution >= 0.6 is 0 Å². The molecule has 1 aliphatic rings. The molecule has 2 heteroatoms. The largest absolute Gasteiger partial charge is 0.380 e. The van der Waals surface area contributed by atoms with E-state index in [1.54, 1.807) is 0 Å². The molecule has 0 aliphatic heterocycles. The Bertz CT molecular complexity index is 162. The highest BCUT2D eigenvalue weighted by molar-refractivity contribution is 4.71. The second-order valence-corrected chi connectivity index (χ2v) is 5.80. The first-order chi connectivity index (χ1) is 7.68. The molecule has 16 heavy (non-hydrogen) atoms. The Morgan fingerprint density at radius 2 is 1.88 bits per heavy atom. The maximum Gasteiger partial charge on any atom is 0.0591 e. The lowest BCUT2D eigenvalue weighted by atomic mass is 9.83. The van der Waals surface area contributed by atoms with Crippen LogP contribution in [0.15, 0.2) is 0 Å². The highest BCUT2D eigenvalue weighted by atomic mass is 16.5. The maximum atomic E-state index is 5.54. The molecule has 1 saturated carbocycles. The molecule has 0 radical (unpaired) electrons. The molecule has 0 aromatic carbocycles. The van der Waals surface area contributed by atoms with Crippen molar-refractivity contribution in [1.82, 2.24) is 5.32 Å². The minimum absolute atomic E-state index is 0.653. The van der Waals surface area contributed by atoms with Crippen molar-refractivity contribution in [2.45, 2.75) is 46.5 Å². The fourth-order valence-corrected chi connectivity index (χ4v) is 2.30. The van der Waals surface area contributed by atoms with Crippen LogP contribution in [0.2, 0.25) is 0 Å². The van der Waals surface area contributed by atoms with Crippen molar-refractivity contribution in [3.05, 3.63) is 0 Å². The van der Waals surface area contributed by atoms with Gasteiger partial charge in [0.05, 0.1) is 6.61 Å². The van der Waals surface area contributed by atoms with Crippen LogP contribution in [0.3, 0.4) is 0 Å². The lowest BCUT2D eigenvalue weighted by Crippen LogP contribution is -2.28. The summed E-state index contributed by atoms with van der Waals surface area (Å²) >= 11 is 0. The summed E-state index contributed by atoms with van der Waals surface area (Å²) in [7, 11) is 0. The highest BCUT2D eigenvalue weighted by Crippen LogP contribution is 2.27. The van der Waals surface area contributed by atoms with Crippen molar-refractivity contribution in [2.75, 3.05) is 26.3 Å². The third-order valence-electron chi connectivity index (χ3n) is 3.44. The van der Waals surface area contributed by atoms with E-state index in [1.807, 2.05) is 0 Å². The van der Waals surface area contributed by atoms with E-state index in [2.05, 4.69) is 26.1 Å². The second kappa shape index (κ2) is 8.08. The van der Waals surface area contributed by atoms with Crippen LogP contribution in [0.25, 0.3) is 0 Å². The van der Waals surface area contributed by atoms with E-state index in [0.717, 1.165) is 31.6 Å². The first-order valence-corrected chi connectivity index (χ1v) is 6.97. The summed E-state index contributed by atoms with van der Waals surface area (Å²) < 4.78 is 5.54. The molecule has 1 aliphatic carbocycles. The van der Waals surface area contributed by atoms with E-state index in [1.165, 1.54) is 32.2 Å². The predicted octanol–water partition coefficient (Wildman–Crippen LogP) is 3.07. The fraction of sp³-hybridized carbons (Fsp3) is 1.00. The van der Waals surface area contributed by atoms with Gasteiger partial charge in [0.25, 0.3) is 0 Å². The molecule has 96 valence electrons. The normalized spacial score (nSPS) is 26.2. The number of rotatable bonds is 7. The van der Waals surface area contributed by atoms with Crippen molar-refractivity contribution in [1.29, 1.82) is 0 Å². The Morgan fingerprint density at radius 1 is 1.19 bits per heavy atom. The highest BCUT2D eigenvalue weighted by Gasteiger charge is 2.17. The summed E-state index contributed by atoms with van der Waals surface area (Å²) in [6.07, 6.45) is 5.69. The van der Waals surface area contributed by atoms with Gasteiger partial charge in [-0.15, -0.1) is 0 Å². The third-order valence-corrected chi connectivity index (χ3v) is 3.44. The molecule has 1 fully saturated rings. The monoisotopic (exact) mass is 227 g/mol. The van der Waals surface area contributed by atoms with Crippen molar-refractivity contribution < 1.29 is 4.74 Å². The zero-order chi connectivity index (χ0) is 11.8. The average Bonchev–Trinajstić information content (AvgIpc) is 2.25. The fourth-order valence-electron chi connectivity index (χ4n) is 2.30. The molecule has 0 spiro atoms. The van der Waals surface area contributed by atoms with Crippen LogP contribution in [0, 0.1) is 17.8 Å². The quantitative estimate of drug-likeness (QED) is 0.675. The number of hydrogen-bond acceptors (Lipinski definition) is 2. The van der Waals surface area contributed by atoms with Crippen LogP contribution in [-0.4, -0.2) is 26.3 Å². The SMILES string of the molecule is CC(C)COCCNCC1CCC(C)CC1. The molecule has 0 bridgehead atoms. The van der Waals surface area contributed by atoms with Gasteiger partial charge in [0, 0.05) is 13.2 Å². The van der Waals surface area contributed by atoms with E-state index >= 15 is 0 Å². The Morgan fingerprint density at radius 3 is 2.50 bits per heavy atom. The lowest BCUT2D eigenvalue weighted by molar-refractivity contribution is 0.110. The topological polar surface area (TPSA) is 21.3 Å². The van der Waals surface area contributed by atoms with Crippen LogP contribution in [0.1, 0.15) is 46.5 Å². The smallest absolute Gasteiger partial charge is 0.0591 e. The summed E-state index contributed by atoms with van der Waals surface area (Å²) in [5, 5.41) is 3.52. The number of ether oxygens (including phenoxy) is 1. The van der Waals surface area contributed by atoms with E-state index in [0.29, 0.717) is 5.92 Å². The van der Waals surface area contributed by atoms with Crippen molar-refractivity contribution in [3.63, 3.8) is 0 Å². The molecule has 0 heterocycles. The lowest BCUT2D eigenvalue weighted by Gasteiger charge is -2.26. The second-order valence-electron chi connectivity index (χ2n) is 5.80. The Hall–Kier alpha value is -0.0800. The van der Waals surface area contributed by atoms with E-state index in [-0.39, 0.29) is 0 Å². The van der Waals surface area contributed by atoms with Gasteiger partial charge in [0.15, 0.2) is 0 Å². The Balaban J connectivity index is 1.87. The molecule has 0 aromatic rings. The van der Waals surface area contributed by atoms with Crippen LogP contribution in [0.4, 0.5) is 0 Å². The van der Waals surface area contributed by atoms with E-state index in [4.69, 9.17) is 4.74 Å². The molecule has 1 N–H and O–H groups in total. The van der Waals surface area contributed by atoms with Gasteiger partial charge in [0.1, 0.15) is 0 Å². The van der Waals surface area contributed by atoms with E-state index in [9.17, 15) is 0 Å². The van der Waals surface area contributed by atoms with Gasteiger partial charge >= 0.3 is 0 Å². The molecular formula is C14H29NO. The summed E-state index contributed by atoms with van der Waals surface area (Å²) in [5.74, 6) is 2.53. The minimum atomic E-state index is 0.653. The third kappa shape index (κ3) is 6.49. The van der Waals surface area contributed by atoms with Crippen molar-refractivity contribution in [2.24, 2.45) is 17.8 Å². The van der Waals surface area contributed by atoms with Gasteiger partial charge in [-0.25, -0.2) is 0 Å². The molecule has 2 nitrogen and oxygen atoms in total. The average molecular weight is 227 g/mol. The zero-order valence-electron chi connectivity index (χ0n) is 11.3. The summed E-state index contributed by atoms with van der Waals surface area (Å²) in [6.45, 7) is 10.7. The zero-order valence-corrected chi connectivity index (χ0v) is 11.3. The van der Waals surface area contributed by atoms with Gasteiger partial charge in [-0.3, -0.25) is 0 Å². The van der Waals surface area contributed by atoms with Gasteiger partial charge in [-0.2, -0.15) is 0 Å². The van der Waals surface area contributed by atoms with Gasteiger partial charge < -0.3 is 10.1 Å². The first-order valence-electron chi connectivity index (χ1n) is 6.97. The molecule has 0 amide bonds. The molecule has 0 aromatic heterocycles. The standard InChI is InChI=1S/C14H29NO/c1-12(2)11-16-9-8-15-10-14-6-4-13(3)5-7-14/h12-15H,4-11H2,1-3H3. The van der Waals surface area contributed by atoms with Gasteiger partial charge in [0.2, 0.25) is 0 Å². The summed E-state index contributed by atoms with van der Waals surface area (Å²) in [5.41, 5.74) is 0. The minimum Gasteiger partial charge on any atom is -0.380 e. The van der Waals surface area contributed by atoms with Gasteiger partial charge in [-0.1, -0.05) is 33.6 Å². The van der Waals surface area contributed by atoms with Gasteiger partial charge in [-0.05, 0) is 37.1 Å². The molecular weight excluding hydrogens is 198 g/mol. The van der Waals surface area contributed by atoms with Crippen LogP contribution < -0.4 is 5.32 Å². The first kappa shape index (κ1) is 14.0. The Kier molecular flexibility index (Phi) is 7.06. The van der Waals surface area contributed by atoms with Crippen molar-refractivity contribution >= 4 is 0 Å². The Labute approximate surface area is 101 Å². The molecule has 0 atom stereocenters. The molecule has 0 unspecified atom stereocenters. The van der Waals surface area contributed by atoms with E-state index < -0.39 is 0 Å². The predicted molar refractivity (Wildman–Crippen MR) is 69.6 cm³/mol. The maximum absolute atomic E-state index is 5.54. The number of hydrogen-bond donors (Lipinski definition) is 1. The van der Waals surface area contributed by atoms with Crippen LogP contribution in [0.5, 0.6) is 0 Å². The van der Waals surface area contributed by atoms with Crippen molar-refractivity contribution in [3.8, 4) is 0 Å². The summed E-state index contributed by atoms with van der Waals surface area (Å²) in [6, 6.07) is 0.